The van der Waals surface area contributed by atoms with Gasteiger partial charge in [0.05, 0.1) is 19.1 Å². The maximum absolute atomic E-state index is 12.8. The van der Waals surface area contributed by atoms with Crippen LogP contribution in [0.25, 0.3) is 0 Å². The molecule has 25 heavy (non-hydrogen) atoms. The van der Waals surface area contributed by atoms with Crippen LogP contribution in [0, 0.1) is 34.5 Å². The number of esters is 1. The smallest absolute Gasteiger partial charge is 0.310 e. The zero-order chi connectivity index (χ0) is 16.6. The maximum Gasteiger partial charge on any atom is 0.310 e. The van der Waals surface area contributed by atoms with Crippen LogP contribution >= 0.6 is 0 Å². The van der Waals surface area contributed by atoms with Gasteiger partial charge in [0.2, 0.25) is 0 Å². The quantitative estimate of drug-likeness (QED) is 0.722. The van der Waals surface area contributed by atoms with Crippen LogP contribution in [0.4, 0.5) is 0 Å². The van der Waals surface area contributed by atoms with Crippen molar-refractivity contribution in [2.75, 3.05) is 32.8 Å². The molecule has 4 heteroatoms. The molecule has 0 aromatic rings. The molecule has 138 valence electrons. The highest BCUT2D eigenvalue weighted by atomic mass is 16.6. The molecule has 6 fully saturated rings. The first-order valence-electron chi connectivity index (χ1n) is 10.7. The van der Waals surface area contributed by atoms with Crippen molar-refractivity contribution in [1.29, 1.82) is 0 Å². The average molecular weight is 345 g/mol. The van der Waals surface area contributed by atoms with Gasteiger partial charge < -0.3 is 9.47 Å². The molecule has 0 aromatic carbocycles. The van der Waals surface area contributed by atoms with E-state index in [2.05, 4.69) is 4.90 Å². The lowest BCUT2D eigenvalue weighted by Crippen LogP contribution is -2.42. The van der Waals surface area contributed by atoms with Gasteiger partial charge in [0, 0.05) is 31.5 Å². The highest BCUT2D eigenvalue weighted by Gasteiger charge is 2.69. The van der Waals surface area contributed by atoms with E-state index in [-0.39, 0.29) is 18.0 Å². The van der Waals surface area contributed by atoms with Crippen LogP contribution in [-0.2, 0) is 14.3 Å². The van der Waals surface area contributed by atoms with Gasteiger partial charge in [-0.15, -0.1) is 0 Å². The SMILES string of the molecule is O=C1OC2C(CCC3(CC3)C3CCC4(CC4)C23)C1CN1CCOCC1. The van der Waals surface area contributed by atoms with Crippen molar-refractivity contribution in [2.45, 2.75) is 57.5 Å². The predicted molar refractivity (Wildman–Crippen MR) is 92.9 cm³/mol. The molecule has 5 unspecified atom stereocenters. The Morgan fingerprint density at radius 1 is 0.960 bits per heavy atom. The minimum absolute atomic E-state index is 0.119. The van der Waals surface area contributed by atoms with Gasteiger partial charge >= 0.3 is 5.97 Å². The first-order valence-corrected chi connectivity index (χ1v) is 10.7. The van der Waals surface area contributed by atoms with Crippen LogP contribution in [0.5, 0.6) is 0 Å². The first-order chi connectivity index (χ1) is 12.2. The summed E-state index contributed by atoms with van der Waals surface area (Å²) in [4.78, 5) is 15.3. The first kappa shape index (κ1) is 15.4. The zero-order valence-electron chi connectivity index (χ0n) is 15.3. The van der Waals surface area contributed by atoms with Gasteiger partial charge in [-0.1, -0.05) is 0 Å². The molecule has 0 aromatic heterocycles. The fraction of sp³-hybridized carbons (Fsp3) is 0.952. The lowest BCUT2D eigenvalue weighted by atomic mass is 9.73. The normalized spacial score (nSPS) is 46.6. The number of fused-ring (bicyclic) bond motifs is 5. The number of hydrogen-bond donors (Lipinski definition) is 0. The highest BCUT2D eigenvalue weighted by molar-refractivity contribution is 5.75. The number of carbonyl (C=O) groups excluding carboxylic acids is 1. The Kier molecular flexibility index (Phi) is 3.23. The molecule has 2 saturated heterocycles. The molecule has 0 radical (unpaired) electrons. The molecule has 0 N–H and O–H groups in total. The largest absolute Gasteiger partial charge is 0.461 e. The fourth-order valence-electron chi connectivity index (χ4n) is 7.33. The fourth-order valence-corrected chi connectivity index (χ4v) is 7.33. The van der Waals surface area contributed by atoms with Gasteiger partial charge in [0.15, 0.2) is 0 Å². The van der Waals surface area contributed by atoms with Gasteiger partial charge in [0.1, 0.15) is 6.10 Å². The second kappa shape index (κ2) is 5.22. The molecule has 5 atom stereocenters. The van der Waals surface area contributed by atoms with E-state index in [1.54, 1.807) is 0 Å². The summed E-state index contributed by atoms with van der Waals surface area (Å²) in [5, 5.41) is 0. The lowest BCUT2D eigenvalue weighted by Gasteiger charge is -2.33. The standard InChI is InChI=1S/C21H31NO3/c23-19-15(13-22-9-11-24-12-10-22)14-1-3-20(5-6-20)16-2-4-21(7-8-21)17(16)18(14)25-19/h14-18H,1-13H2. The molecule has 4 aliphatic carbocycles. The predicted octanol–water partition coefficient (Wildman–Crippen LogP) is 2.86. The van der Waals surface area contributed by atoms with E-state index >= 15 is 0 Å². The van der Waals surface area contributed by atoms with Crippen LogP contribution in [0.15, 0.2) is 0 Å². The third-order valence-corrected chi connectivity index (χ3v) is 9.05. The van der Waals surface area contributed by atoms with E-state index in [9.17, 15) is 4.79 Å². The second-order valence-electron chi connectivity index (χ2n) is 10.0. The van der Waals surface area contributed by atoms with Crippen molar-refractivity contribution < 1.29 is 14.3 Å². The van der Waals surface area contributed by atoms with E-state index in [1.165, 1.54) is 51.4 Å². The topological polar surface area (TPSA) is 38.8 Å². The van der Waals surface area contributed by atoms with Crippen molar-refractivity contribution in [2.24, 2.45) is 34.5 Å². The molecule has 0 bridgehead atoms. The summed E-state index contributed by atoms with van der Waals surface area (Å²) in [6.07, 6.45) is 11.4. The van der Waals surface area contributed by atoms with Crippen LogP contribution in [0.2, 0.25) is 0 Å². The number of ether oxygens (including phenoxy) is 2. The Morgan fingerprint density at radius 3 is 2.40 bits per heavy atom. The van der Waals surface area contributed by atoms with Gasteiger partial charge in [-0.25, -0.2) is 0 Å². The number of hydrogen-bond acceptors (Lipinski definition) is 4. The summed E-state index contributed by atoms with van der Waals surface area (Å²) in [5.74, 6) is 2.28. The van der Waals surface area contributed by atoms with Crippen LogP contribution in [0.3, 0.4) is 0 Å². The van der Waals surface area contributed by atoms with Crippen molar-refractivity contribution in [3.63, 3.8) is 0 Å². The van der Waals surface area contributed by atoms with Crippen molar-refractivity contribution >= 4 is 5.97 Å². The monoisotopic (exact) mass is 345 g/mol. The molecule has 4 saturated carbocycles. The minimum atomic E-state index is 0.119. The summed E-state index contributed by atoms with van der Waals surface area (Å²) in [6.45, 7) is 4.47. The molecule has 6 rings (SSSR count). The van der Waals surface area contributed by atoms with E-state index in [0.29, 0.717) is 22.7 Å². The number of carbonyl (C=O) groups is 1. The van der Waals surface area contributed by atoms with E-state index in [1.807, 2.05) is 0 Å². The second-order valence-corrected chi connectivity index (χ2v) is 10.0. The van der Waals surface area contributed by atoms with Crippen LogP contribution in [0.1, 0.15) is 51.4 Å². The molecule has 6 aliphatic rings. The summed E-state index contributed by atoms with van der Waals surface area (Å²) in [5.41, 5.74) is 1.22. The van der Waals surface area contributed by atoms with E-state index in [4.69, 9.17) is 9.47 Å². The third kappa shape index (κ3) is 2.22. The Bertz CT molecular complexity index is 576. The third-order valence-electron chi connectivity index (χ3n) is 9.05. The van der Waals surface area contributed by atoms with Gasteiger partial charge in [-0.05, 0) is 68.1 Å². The summed E-state index contributed by atoms with van der Waals surface area (Å²) in [6, 6.07) is 0. The molecule has 2 heterocycles. The molecule has 4 nitrogen and oxygen atoms in total. The van der Waals surface area contributed by atoms with Gasteiger partial charge in [0.25, 0.3) is 0 Å². The summed E-state index contributed by atoms with van der Waals surface area (Å²) >= 11 is 0. The minimum Gasteiger partial charge on any atom is -0.461 e. The number of morpholine rings is 1. The summed E-state index contributed by atoms with van der Waals surface area (Å²) < 4.78 is 11.7. The van der Waals surface area contributed by atoms with Crippen molar-refractivity contribution in [3.8, 4) is 0 Å². The molecular weight excluding hydrogens is 314 g/mol. The molecule has 0 amide bonds. The molecular formula is C21H31NO3. The van der Waals surface area contributed by atoms with Gasteiger partial charge in [-0.3, -0.25) is 9.69 Å². The Balaban J connectivity index is 1.29. The lowest BCUT2D eigenvalue weighted by molar-refractivity contribution is -0.148. The number of nitrogens with zero attached hydrogens (tertiary/aromatic N) is 1. The number of rotatable bonds is 2. The highest BCUT2D eigenvalue weighted by Crippen LogP contribution is 2.74. The maximum atomic E-state index is 12.8. The molecule has 2 spiro atoms. The van der Waals surface area contributed by atoms with Crippen molar-refractivity contribution in [1.82, 2.24) is 4.90 Å². The Hall–Kier alpha value is -0.610. The van der Waals surface area contributed by atoms with E-state index < -0.39 is 0 Å². The summed E-state index contributed by atoms with van der Waals surface area (Å²) in [7, 11) is 0. The van der Waals surface area contributed by atoms with Gasteiger partial charge in [-0.2, -0.15) is 0 Å². The van der Waals surface area contributed by atoms with E-state index in [0.717, 1.165) is 38.8 Å². The average Bonchev–Trinajstić information content (AvgIpc) is 3.51. The Labute approximate surface area is 150 Å². The van der Waals surface area contributed by atoms with Crippen LogP contribution < -0.4 is 0 Å². The molecule has 2 aliphatic heterocycles. The zero-order valence-corrected chi connectivity index (χ0v) is 15.3. The van der Waals surface area contributed by atoms with Crippen molar-refractivity contribution in [3.05, 3.63) is 0 Å². The van der Waals surface area contributed by atoms with Crippen LogP contribution in [-0.4, -0.2) is 49.8 Å². The Morgan fingerprint density at radius 2 is 1.68 bits per heavy atom.